The maximum Gasteiger partial charge on any atom is 0.313 e. The molecule has 0 aromatic heterocycles. The van der Waals surface area contributed by atoms with Gasteiger partial charge in [-0.15, -0.1) is 0 Å². The number of hydrogen-bond acceptors (Lipinski definition) is 4. The molecule has 5 nitrogen and oxygen atoms in total. The molecule has 0 aliphatic carbocycles. The van der Waals surface area contributed by atoms with E-state index in [0.717, 1.165) is 12.0 Å². The molecule has 0 heterocycles. The zero-order valence-corrected chi connectivity index (χ0v) is 13.1. The maximum atomic E-state index is 12.1. The lowest BCUT2D eigenvalue weighted by atomic mass is 10.0. The molecule has 1 amide bonds. The average molecular weight is 292 g/mol. The lowest BCUT2D eigenvalue weighted by Crippen LogP contribution is -2.40. The monoisotopic (exact) mass is 292 g/mol. The maximum absolute atomic E-state index is 12.1. The van der Waals surface area contributed by atoms with E-state index in [0.29, 0.717) is 5.69 Å². The van der Waals surface area contributed by atoms with Crippen molar-refractivity contribution in [2.75, 3.05) is 5.73 Å². The second kappa shape index (κ2) is 7.67. The van der Waals surface area contributed by atoms with E-state index in [1.54, 1.807) is 32.0 Å². The Labute approximate surface area is 125 Å². The van der Waals surface area contributed by atoms with Crippen LogP contribution >= 0.6 is 0 Å². The molecule has 1 aromatic carbocycles. The first-order valence-corrected chi connectivity index (χ1v) is 7.21. The predicted molar refractivity (Wildman–Crippen MR) is 82.7 cm³/mol. The minimum Gasteiger partial charge on any atom is -0.452 e. The second-order valence-electron chi connectivity index (χ2n) is 5.29. The molecule has 3 N–H and O–H groups in total. The third-order valence-electron chi connectivity index (χ3n) is 3.43. The summed E-state index contributed by atoms with van der Waals surface area (Å²) in [5.41, 5.74) is 7.06. The van der Waals surface area contributed by atoms with Crippen molar-refractivity contribution in [2.24, 2.45) is 0 Å². The lowest BCUT2D eigenvalue weighted by molar-refractivity contribution is -0.156. The second-order valence-corrected chi connectivity index (χ2v) is 5.29. The van der Waals surface area contributed by atoms with Gasteiger partial charge in [0.15, 0.2) is 6.10 Å². The van der Waals surface area contributed by atoms with Crippen LogP contribution in [0.3, 0.4) is 0 Å². The predicted octanol–water partition coefficient (Wildman–Crippen LogP) is 2.22. The number of anilines is 1. The Kier molecular flexibility index (Phi) is 6.21. The number of nitrogens with one attached hydrogen (secondary N) is 1. The summed E-state index contributed by atoms with van der Waals surface area (Å²) in [6.45, 7) is 7.18. The highest BCUT2D eigenvalue weighted by molar-refractivity contribution is 5.85. The van der Waals surface area contributed by atoms with Gasteiger partial charge in [0, 0.05) is 11.7 Å². The Morgan fingerprint density at radius 1 is 1.29 bits per heavy atom. The van der Waals surface area contributed by atoms with Gasteiger partial charge < -0.3 is 15.8 Å². The zero-order valence-electron chi connectivity index (χ0n) is 13.1. The van der Waals surface area contributed by atoms with E-state index in [-0.39, 0.29) is 11.9 Å². The first-order valence-electron chi connectivity index (χ1n) is 7.21. The first-order chi connectivity index (χ1) is 9.85. The van der Waals surface area contributed by atoms with Gasteiger partial charge in [-0.25, -0.2) is 0 Å². The van der Waals surface area contributed by atoms with Crippen LogP contribution in [0.5, 0.6) is 0 Å². The van der Waals surface area contributed by atoms with Crippen LogP contribution in [0, 0.1) is 0 Å². The third-order valence-corrected chi connectivity index (χ3v) is 3.43. The lowest BCUT2D eigenvalue weighted by Gasteiger charge is -2.19. The van der Waals surface area contributed by atoms with Gasteiger partial charge >= 0.3 is 5.97 Å². The van der Waals surface area contributed by atoms with Crippen molar-refractivity contribution >= 4 is 17.6 Å². The molecule has 5 heteroatoms. The fraction of sp³-hybridized carbons (Fsp3) is 0.500. The zero-order chi connectivity index (χ0) is 16.0. The summed E-state index contributed by atoms with van der Waals surface area (Å²) >= 11 is 0. The van der Waals surface area contributed by atoms with Crippen LogP contribution in [-0.2, 0) is 14.3 Å². The molecule has 0 aliphatic rings. The number of ether oxygens (including phenoxy) is 1. The fourth-order valence-corrected chi connectivity index (χ4v) is 1.76. The molecule has 116 valence electrons. The topological polar surface area (TPSA) is 81.4 Å². The van der Waals surface area contributed by atoms with E-state index in [4.69, 9.17) is 10.5 Å². The summed E-state index contributed by atoms with van der Waals surface area (Å²) in [6.07, 6.45) is 0.0153. The summed E-state index contributed by atoms with van der Waals surface area (Å²) < 4.78 is 5.22. The van der Waals surface area contributed by atoms with E-state index in [2.05, 4.69) is 5.32 Å². The molecular weight excluding hydrogens is 268 g/mol. The van der Waals surface area contributed by atoms with E-state index in [9.17, 15) is 9.59 Å². The smallest absolute Gasteiger partial charge is 0.313 e. The van der Waals surface area contributed by atoms with Crippen molar-refractivity contribution in [3.63, 3.8) is 0 Å². The van der Waals surface area contributed by atoms with Crippen LogP contribution in [0.2, 0.25) is 0 Å². The molecule has 3 atom stereocenters. The molecule has 21 heavy (non-hydrogen) atoms. The number of esters is 1. The quantitative estimate of drug-likeness (QED) is 0.622. The Morgan fingerprint density at radius 2 is 1.95 bits per heavy atom. The molecule has 3 unspecified atom stereocenters. The van der Waals surface area contributed by atoms with Gasteiger partial charge in [-0.2, -0.15) is 0 Å². The van der Waals surface area contributed by atoms with E-state index in [1.165, 1.54) is 0 Å². The van der Waals surface area contributed by atoms with Gasteiger partial charge in [-0.05, 0) is 44.9 Å². The van der Waals surface area contributed by atoms with Crippen LogP contribution in [0.1, 0.15) is 45.6 Å². The number of benzene rings is 1. The summed E-state index contributed by atoms with van der Waals surface area (Å²) in [6, 6.07) is 7.14. The van der Waals surface area contributed by atoms with Gasteiger partial charge in [-0.1, -0.05) is 19.1 Å². The third kappa shape index (κ3) is 5.10. The molecule has 0 spiro atoms. The Bertz CT molecular complexity index is 502. The Hall–Kier alpha value is -2.04. The van der Waals surface area contributed by atoms with Crippen molar-refractivity contribution in [3.8, 4) is 0 Å². The van der Waals surface area contributed by atoms with Gasteiger partial charge in [0.2, 0.25) is 0 Å². The van der Waals surface area contributed by atoms with Gasteiger partial charge in [-0.3, -0.25) is 9.59 Å². The molecule has 0 bridgehead atoms. The van der Waals surface area contributed by atoms with Gasteiger partial charge in [0.1, 0.15) is 0 Å². The Morgan fingerprint density at radius 3 is 2.52 bits per heavy atom. The molecule has 0 fully saturated rings. The Balaban J connectivity index is 2.61. The normalized spacial score (nSPS) is 14.9. The van der Waals surface area contributed by atoms with Crippen LogP contribution in [-0.4, -0.2) is 24.0 Å². The number of amides is 1. The standard InChI is InChI=1S/C16H24N2O3/c1-5-10(2)18-15(19)12(4)21-16(20)11(3)13-7-6-8-14(17)9-13/h6-12H,5,17H2,1-4H3,(H,18,19). The number of hydrogen-bond donors (Lipinski definition) is 2. The van der Waals surface area contributed by atoms with Gasteiger partial charge in [0.25, 0.3) is 5.91 Å². The van der Waals surface area contributed by atoms with E-state index in [1.807, 2.05) is 19.9 Å². The summed E-state index contributed by atoms with van der Waals surface area (Å²) in [5.74, 6) is -1.18. The van der Waals surface area contributed by atoms with Crippen LogP contribution in [0.15, 0.2) is 24.3 Å². The number of nitrogens with two attached hydrogens (primary N) is 1. The number of carbonyl (C=O) groups excluding carboxylic acids is 2. The summed E-state index contributed by atoms with van der Waals surface area (Å²) in [5, 5.41) is 2.79. The fourth-order valence-electron chi connectivity index (χ4n) is 1.76. The minimum atomic E-state index is -0.810. The number of nitrogen functional groups attached to an aromatic ring is 1. The minimum absolute atomic E-state index is 0.0602. The highest BCUT2D eigenvalue weighted by Crippen LogP contribution is 2.19. The molecule has 0 aliphatic heterocycles. The van der Waals surface area contributed by atoms with E-state index >= 15 is 0 Å². The van der Waals surface area contributed by atoms with Crippen molar-refractivity contribution in [1.29, 1.82) is 0 Å². The van der Waals surface area contributed by atoms with Crippen LogP contribution < -0.4 is 11.1 Å². The van der Waals surface area contributed by atoms with Crippen molar-refractivity contribution < 1.29 is 14.3 Å². The number of rotatable bonds is 6. The first kappa shape index (κ1) is 17.0. The van der Waals surface area contributed by atoms with Gasteiger partial charge in [0.05, 0.1) is 5.92 Å². The van der Waals surface area contributed by atoms with Crippen molar-refractivity contribution in [3.05, 3.63) is 29.8 Å². The summed E-state index contributed by atoms with van der Waals surface area (Å²) in [4.78, 5) is 23.9. The van der Waals surface area contributed by atoms with Crippen LogP contribution in [0.25, 0.3) is 0 Å². The molecule has 0 saturated heterocycles. The largest absolute Gasteiger partial charge is 0.452 e. The molecular formula is C16H24N2O3. The SMILES string of the molecule is CCC(C)NC(=O)C(C)OC(=O)C(C)c1cccc(N)c1. The summed E-state index contributed by atoms with van der Waals surface area (Å²) in [7, 11) is 0. The molecule has 0 radical (unpaired) electrons. The molecule has 0 saturated carbocycles. The van der Waals surface area contributed by atoms with Crippen LogP contribution in [0.4, 0.5) is 5.69 Å². The van der Waals surface area contributed by atoms with Crippen molar-refractivity contribution in [1.82, 2.24) is 5.32 Å². The highest BCUT2D eigenvalue weighted by Gasteiger charge is 2.23. The highest BCUT2D eigenvalue weighted by atomic mass is 16.5. The van der Waals surface area contributed by atoms with E-state index < -0.39 is 18.0 Å². The average Bonchev–Trinajstić information content (AvgIpc) is 2.45. The van der Waals surface area contributed by atoms with Crippen molar-refractivity contribution in [2.45, 2.75) is 52.2 Å². The molecule has 1 rings (SSSR count). The molecule has 1 aromatic rings. The number of carbonyl (C=O) groups is 2.